The molecule has 0 saturated carbocycles. The van der Waals surface area contributed by atoms with E-state index in [0.29, 0.717) is 13.1 Å². The summed E-state index contributed by atoms with van der Waals surface area (Å²) in [7, 11) is 1.95. The lowest BCUT2D eigenvalue weighted by Crippen LogP contribution is -2.43. The average molecular weight is 340 g/mol. The maximum atomic E-state index is 4.63. The Morgan fingerprint density at radius 2 is 1.96 bits per heavy atom. The van der Waals surface area contributed by atoms with Crippen LogP contribution in [0.3, 0.4) is 0 Å². The highest BCUT2D eigenvalue weighted by Crippen LogP contribution is 2.21. The number of aliphatic imine (C=N–C) groups is 1. The van der Waals surface area contributed by atoms with E-state index in [1.54, 1.807) is 0 Å². The highest BCUT2D eigenvalue weighted by Gasteiger charge is 2.20. The molecule has 25 heavy (non-hydrogen) atoms. The minimum absolute atomic E-state index is 0.0146. The van der Waals surface area contributed by atoms with Crippen LogP contribution in [0.2, 0.25) is 0 Å². The molecular formula is C19H28N6. The van der Waals surface area contributed by atoms with Crippen molar-refractivity contribution in [1.82, 2.24) is 25.4 Å². The minimum Gasteiger partial charge on any atom is -0.356 e. The van der Waals surface area contributed by atoms with E-state index in [9.17, 15) is 0 Å². The van der Waals surface area contributed by atoms with Crippen molar-refractivity contribution in [1.29, 1.82) is 0 Å². The Balaban J connectivity index is 2.05. The second kappa shape index (κ2) is 8.46. The molecule has 6 nitrogen and oxygen atoms in total. The lowest BCUT2D eigenvalue weighted by molar-refractivity contribution is 0.509. The van der Waals surface area contributed by atoms with Gasteiger partial charge in [-0.2, -0.15) is 0 Å². The van der Waals surface area contributed by atoms with Crippen molar-refractivity contribution in [2.75, 3.05) is 13.1 Å². The molecule has 0 amide bonds. The van der Waals surface area contributed by atoms with Crippen LogP contribution in [0.1, 0.15) is 31.1 Å². The van der Waals surface area contributed by atoms with Gasteiger partial charge in [0, 0.05) is 25.6 Å². The zero-order chi connectivity index (χ0) is 18.3. The maximum absolute atomic E-state index is 4.63. The van der Waals surface area contributed by atoms with Crippen LogP contribution in [0.5, 0.6) is 0 Å². The number of hydrogen-bond acceptors (Lipinski definition) is 3. The number of nitrogens with one attached hydrogen (secondary N) is 2. The zero-order valence-electron chi connectivity index (χ0n) is 15.6. The largest absolute Gasteiger partial charge is 0.356 e. The van der Waals surface area contributed by atoms with E-state index in [1.807, 2.05) is 30.7 Å². The van der Waals surface area contributed by atoms with E-state index in [4.69, 9.17) is 0 Å². The van der Waals surface area contributed by atoms with Gasteiger partial charge in [0.2, 0.25) is 0 Å². The van der Waals surface area contributed by atoms with Crippen molar-refractivity contribution in [3.05, 3.63) is 60.2 Å². The van der Waals surface area contributed by atoms with Crippen LogP contribution >= 0.6 is 0 Å². The van der Waals surface area contributed by atoms with Crippen LogP contribution in [0.15, 0.2) is 48.0 Å². The van der Waals surface area contributed by atoms with Crippen molar-refractivity contribution in [2.45, 2.75) is 32.7 Å². The topological polar surface area (TPSA) is 67.1 Å². The molecule has 1 aromatic heterocycles. The molecule has 0 aliphatic rings. The Kier molecular flexibility index (Phi) is 6.33. The Morgan fingerprint density at radius 1 is 1.24 bits per heavy atom. The van der Waals surface area contributed by atoms with Gasteiger partial charge in [-0.25, -0.2) is 4.99 Å². The molecule has 0 aliphatic carbocycles. The molecule has 6 heteroatoms. The standard InChI is InChI=1S/C19H28N6/c1-6-12-20-18(21-13-17-24-23-15(2)25(17)5)22-14-19(3,4)16-10-8-7-9-11-16/h6-11H,1,12-14H2,2-5H3,(H2,20,21,22). The van der Waals surface area contributed by atoms with Crippen LogP contribution in [0.4, 0.5) is 0 Å². The Morgan fingerprint density at radius 3 is 2.56 bits per heavy atom. The third-order valence-electron chi connectivity index (χ3n) is 4.23. The maximum Gasteiger partial charge on any atom is 0.191 e. The first-order chi connectivity index (χ1) is 11.9. The molecule has 0 aliphatic heterocycles. The van der Waals surface area contributed by atoms with Gasteiger partial charge in [0.25, 0.3) is 0 Å². The van der Waals surface area contributed by atoms with Crippen molar-refractivity contribution >= 4 is 5.96 Å². The third-order valence-corrected chi connectivity index (χ3v) is 4.23. The molecule has 2 N–H and O–H groups in total. The highest BCUT2D eigenvalue weighted by molar-refractivity contribution is 5.80. The number of aryl methyl sites for hydroxylation is 1. The van der Waals surface area contributed by atoms with E-state index in [0.717, 1.165) is 24.2 Å². The first-order valence-electron chi connectivity index (χ1n) is 8.47. The van der Waals surface area contributed by atoms with E-state index in [2.05, 4.69) is 70.5 Å². The molecule has 2 rings (SSSR count). The summed E-state index contributed by atoms with van der Waals surface area (Å²) >= 11 is 0. The second-order valence-corrected chi connectivity index (χ2v) is 6.66. The minimum atomic E-state index is -0.0146. The Hall–Kier alpha value is -2.63. The van der Waals surface area contributed by atoms with E-state index in [1.165, 1.54) is 5.56 Å². The summed E-state index contributed by atoms with van der Waals surface area (Å²) in [5.74, 6) is 2.45. The number of nitrogens with zero attached hydrogens (tertiary/aromatic N) is 4. The first-order valence-corrected chi connectivity index (χ1v) is 8.47. The summed E-state index contributed by atoms with van der Waals surface area (Å²) in [6.07, 6.45) is 1.81. The van der Waals surface area contributed by atoms with Gasteiger partial charge in [-0.1, -0.05) is 50.3 Å². The molecule has 0 bridgehead atoms. The summed E-state index contributed by atoms with van der Waals surface area (Å²) in [6, 6.07) is 10.5. The quantitative estimate of drug-likeness (QED) is 0.461. The number of rotatable bonds is 7. The summed E-state index contributed by atoms with van der Waals surface area (Å²) in [5, 5.41) is 14.9. The van der Waals surface area contributed by atoms with Gasteiger partial charge in [0.1, 0.15) is 12.4 Å². The summed E-state index contributed by atoms with van der Waals surface area (Å²) in [5.41, 5.74) is 1.27. The van der Waals surface area contributed by atoms with E-state index < -0.39 is 0 Å². The number of aromatic nitrogens is 3. The normalized spacial score (nSPS) is 12.1. The molecule has 0 fully saturated rings. The van der Waals surface area contributed by atoms with E-state index >= 15 is 0 Å². The molecule has 0 saturated heterocycles. The van der Waals surface area contributed by atoms with Gasteiger partial charge in [0.05, 0.1) is 0 Å². The first kappa shape index (κ1) is 18.7. The molecule has 0 unspecified atom stereocenters. The summed E-state index contributed by atoms with van der Waals surface area (Å²) in [4.78, 5) is 4.63. The van der Waals surface area contributed by atoms with Gasteiger partial charge in [-0.3, -0.25) is 0 Å². The van der Waals surface area contributed by atoms with Gasteiger partial charge >= 0.3 is 0 Å². The fourth-order valence-corrected chi connectivity index (χ4v) is 2.38. The molecule has 1 heterocycles. The predicted molar refractivity (Wildman–Crippen MR) is 103 cm³/mol. The molecular weight excluding hydrogens is 312 g/mol. The molecule has 0 radical (unpaired) electrons. The number of hydrogen-bond donors (Lipinski definition) is 2. The number of benzene rings is 1. The fourth-order valence-electron chi connectivity index (χ4n) is 2.38. The number of guanidine groups is 1. The lowest BCUT2D eigenvalue weighted by atomic mass is 9.85. The molecule has 0 atom stereocenters. The van der Waals surface area contributed by atoms with Crippen LogP contribution in [-0.2, 0) is 19.0 Å². The van der Waals surface area contributed by atoms with Gasteiger partial charge in [-0.15, -0.1) is 16.8 Å². The van der Waals surface area contributed by atoms with Gasteiger partial charge in [0.15, 0.2) is 11.8 Å². The van der Waals surface area contributed by atoms with E-state index in [-0.39, 0.29) is 5.41 Å². The van der Waals surface area contributed by atoms with Crippen LogP contribution in [0, 0.1) is 6.92 Å². The summed E-state index contributed by atoms with van der Waals surface area (Å²) in [6.45, 7) is 12.0. The third kappa shape index (κ3) is 5.17. The molecule has 2 aromatic rings. The van der Waals surface area contributed by atoms with Crippen molar-refractivity contribution in [3.8, 4) is 0 Å². The predicted octanol–water partition coefficient (Wildman–Crippen LogP) is 2.32. The molecule has 0 spiro atoms. The van der Waals surface area contributed by atoms with Crippen LogP contribution < -0.4 is 10.6 Å². The fraction of sp³-hybridized carbons (Fsp3) is 0.421. The molecule has 1 aromatic carbocycles. The van der Waals surface area contributed by atoms with Crippen LogP contribution in [-0.4, -0.2) is 33.8 Å². The van der Waals surface area contributed by atoms with Crippen molar-refractivity contribution < 1.29 is 0 Å². The Bertz CT molecular complexity index is 715. The monoisotopic (exact) mass is 340 g/mol. The van der Waals surface area contributed by atoms with Crippen molar-refractivity contribution in [2.24, 2.45) is 12.0 Å². The van der Waals surface area contributed by atoms with Crippen LogP contribution in [0.25, 0.3) is 0 Å². The lowest BCUT2D eigenvalue weighted by Gasteiger charge is -2.26. The summed E-state index contributed by atoms with van der Waals surface area (Å²) < 4.78 is 1.95. The zero-order valence-corrected chi connectivity index (χ0v) is 15.6. The van der Waals surface area contributed by atoms with Gasteiger partial charge < -0.3 is 15.2 Å². The highest BCUT2D eigenvalue weighted by atomic mass is 15.3. The Labute approximate surface area is 150 Å². The van der Waals surface area contributed by atoms with Crippen molar-refractivity contribution in [3.63, 3.8) is 0 Å². The SMILES string of the molecule is C=CCNC(=NCc1nnc(C)n1C)NCC(C)(C)c1ccccc1. The average Bonchev–Trinajstić information content (AvgIpc) is 2.94. The smallest absolute Gasteiger partial charge is 0.191 e. The molecule has 134 valence electrons. The second-order valence-electron chi connectivity index (χ2n) is 6.66. The van der Waals surface area contributed by atoms with Gasteiger partial charge in [-0.05, 0) is 12.5 Å².